The van der Waals surface area contributed by atoms with Crippen molar-refractivity contribution in [3.8, 4) is 11.5 Å². The van der Waals surface area contributed by atoms with Gasteiger partial charge in [-0.05, 0) is 35.0 Å². The summed E-state index contributed by atoms with van der Waals surface area (Å²) in [5.41, 5.74) is 0. The predicted molar refractivity (Wildman–Crippen MR) is 62.4 cm³/mol. The third-order valence-electron chi connectivity index (χ3n) is 1.91. The summed E-state index contributed by atoms with van der Waals surface area (Å²) in [4.78, 5) is 0. The Kier molecular flexibility index (Phi) is 2.65. The molecule has 0 saturated carbocycles. The molecular weight excluding hydrogens is 264 g/mol. The smallest absolute Gasteiger partial charge is 0.148 e. The third kappa shape index (κ3) is 1.48. The first-order valence-corrected chi connectivity index (χ1v) is 5.87. The molecule has 0 bridgehead atoms. The summed E-state index contributed by atoms with van der Waals surface area (Å²) in [6.07, 6.45) is 0. The van der Waals surface area contributed by atoms with E-state index in [2.05, 4.69) is 15.9 Å². The Hall–Kier alpha value is -0.740. The fraction of sp³-hybridized carbons (Fsp3) is 0.200. The summed E-state index contributed by atoms with van der Waals surface area (Å²) in [6.45, 7) is 2.58. The number of benzene rings is 1. The molecule has 0 atom stereocenters. The number of hydrogen-bond acceptors (Lipinski definition) is 3. The predicted octanol–water partition coefficient (Wildman–Crippen LogP) is 3.77. The van der Waals surface area contributed by atoms with Gasteiger partial charge in [-0.15, -0.1) is 11.3 Å². The van der Waals surface area contributed by atoms with Gasteiger partial charge in [-0.2, -0.15) is 0 Å². The van der Waals surface area contributed by atoms with E-state index >= 15 is 0 Å². The van der Waals surface area contributed by atoms with E-state index in [1.54, 1.807) is 0 Å². The van der Waals surface area contributed by atoms with Crippen molar-refractivity contribution < 1.29 is 9.84 Å². The van der Waals surface area contributed by atoms with Crippen LogP contribution in [0.4, 0.5) is 0 Å². The topological polar surface area (TPSA) is 29.5 Å². The van der Waals surface area contributed by atoms with E-state index in [1.807, 2.05) is 25.1 Å². The van der Waals surface area contributed by atoms with Gasteiger partial charge >= 0.3 is 0 Å². The van der Waals surface area contributed by atoms with Gasteiger partial charge in [0.2, 0.25) is 0 Å². The summed E-state index contributed by atoms with van der Waals surface area (Å²) >= 11 is 4.79. The summed E-state index contributed by atoms with van der Waals surface area (Å²) in [5.74, 6) is 1.13. The first kappa shape index (κ1) is 9.80. The second-order valence-corrected chi connectivity index (χ2v) is 5.13. The molecule has 1 N–H and O–H groups in total. The van der Waals surface area contributed by atoms with Gasteiger partial charge in [0, 0.05) is 5.39 Å². The number of fused-ring (bicyclic) bond motifs is 1. The van der Waals surface area contributed by atoms with E-state index in [-0.39, 0.29) is 0 Å². The molecule has 1 heterocycles. The highest BCUT2D eigenvalue weighted by atomic mass is 79.9. The fourth-order valence-corrected chi connectivity index (χ4v) is 2.91. The molecule has 0 amide bonds. The van der Waals surface area contributed by atoms with Crippen molar-refractivity contribution in [3.63, 3.8) is 0 Å². The lowest BCUT2D eigenvalue weighted by Gasteiger charge is -2.02. The maximum Gasteiger partial charge on any atom is 0.148 e. The molecule has 0 aliphatic carbocycles. The summed E-state index contributed by atoms with van der Waals surface area (Å²) < 4.78 is 7.20. The lowest BCUT2D eigenvalue weighted by molar-refractivity contribution is 0.345. The van der Waals surface area contributed by atoms with Crippen molar-refractivity contribution in [1.82, 2.24) is 0 Å². The first-order valence-electron chi connectivity index (χ1n) is 4.26. The Labute approximate surface area is 94.3 Å². The molecule has 0 fully saturated rings. The SMILES string of the molecule is CCOc1cccc2c(O)c(Br)sc12. The minimum absolute atomic E-state index is 0.298. The largest absolute Gasteiger partial charge is 0.505 e. The van der Waals surface area contributed by atoms with Gasteiger partial charge in [0.25, 0.3) is 0 Å². The number of rotatable bonds is 2. The lowest BCUT2D eigenvalue weighted by Crippen LogP contribution is -1.90. The second-order valence-electron chi connectivity index (χ2n) is 2.79. The molecule has 0 aliphatic rings. The minimum Gasteiger partial charge on any atom is -0.505 e. The van der Waals surface area contributed by atoms with Crippen LogP contribution in [-0.2, 0) is 0 Å². The van der Waals surface area contributed by atoms with Gasteiger partial charge in [-0.1, -0.05) is 6.07 Å². The molecule has 74 valence electrons. The van der Waals surface area contributed by atoms with Crippen LogP contribution in [0.25, 0.3) is 10.1 Å². The Morgan fingerprint density at radius 1 is 1.50 bits per heavy atom. The molecule has 0 aliphatic heterocycles. The Morgan fingerprint density at radius 3 is 3.00 bits per heavy atom. The van der Waals surface area contributed by atoms with Gasteiger partial charge in [0.15, 0.2) is 0 Å². The van der Waals surface area contributed by atoms with Crippen LogP contribution in [0.3, 0.4) is 0 Å². The van der Waals surface area contributed by atoms with E-state index < -0.39 is 0 Å². The van der Waals surface area contributed by atoms with Gasteiger partial charge in [0.05, 0.1) is 11.3 Å². The average Bonchev–Trinajstić information content (AvgIpc) is 2.46. The van der Waals surface area contributed by atoms with Crippen LogP contribution in [0.5, 0.6) is 11.5 Å². The summed E-state index contributed by atoms with van der Waals surface area (Å²) in [5, 5.41) is 10.5. The van der Waals surface area contributed by atoms with E-state index in [4.69, 9.17) is 4.74 Å². The van der Waals surface area contributed by atoms with Crippen molar-refractivity contribution in [1.29, 1.82) is 0 Å². The van der Waals surface area contributed by atoms with Gasteiger partial charge in [0.1, 0.15) is 15.3 Å². The molecule has 0 radical (unpaired) electrons. The Balaban J connectivity index is 2.68. The van der Waals surface area contributed by atoms with E-state index in [0.717, 1.165) is 19.6 Å². The zero-order chi connectivity index (χ0) is 10.1. The number of thiophene rings is 1. The Bertz CT molecular complexity index is 464. The first-order chi connectivity index (χ1) is 6.74. The molecule has 1 aromatic heterocycles. The zero-order valence-electron chi connectivity index (χ0n) is 7.58. The van der Waals surface area contributed by atoms with E-state index in [9.17, 15) is 5.11 Å². The van der Waals surface area contributed by atoms with Crippen LogP contribution >= 0.6 is 27.3 Å². The molecule has 0 unspecified atom stereocenters. The van der Waals surface area contributed by atoms with Crippen LogP contribution in [-0.4, -0.2) is 11.7 Å². The third-order valence-corrected chi connectivity index (χ3v) is 3.77. The summed E-state index contributed by atoms with van der Waals surface area (Å²) in [7, 11) is 0. The average molecular weight is 273 g/mol. The Morgan fingerprint density at radius 2 is 2.29 bits per heavy atom. The van der Waals surface area contributed by atoms with Gasteiger partial charge in [-0.3, -0.25) is 0 Å². The van der Waals surface area contributed by atoms with Crippen LogP contribution in [0.15, 0.2) is 22.0 Å². The highest BCUT2D eigenvalue weighted by molar-refractivity contribution is 9.11. The molecule has 14 heavy (non-hydrogen) atoms. The standard InChI is InChI=1S/C10H9BrO2S/c1-2-13-7-5-3-4-6-8(12)10(11)14-9(6)7/h3-5,12H,2H2,1H3. The summed E-state index contributed by atoms with van der Waals surface area (Å²) in [6, 6.07) is 5.68. The van der Waals surface area contributed by atoms with Crippen LogP contribution in [0.1, 0.15) is 6.92 Å². The van der Waals surface area contributed by atoms with Crippen LogP contribution < -0.4 is 4.74 Å². The van der Waals surface area contributed by atoms with Crippen LogP contribution in [0, 0.1) is 0 Å². The number of aromatic hydroxyl groups is 1. The monoisotopic (exact) mass is 272 g/mol. The van der Waals surface area contributed by atoms with Crippen LogP contribution in [0.2, 0.25) is 0 Å². The molecule has 2 nitrogen and oxygen atoms in total. The molecule has 0 saturated heterocycles. The van der Waals surface area contributed by atoms with Gasteiger partial charge in [-0.25, -0.2) is 0 Å². The van der Waals surface area contributed by atoms with Crippen molar-refractivity contribution in [2.45, 2.75) is 6.92 Å². The molecule has 2 rings (SSSR count). The molecule has 4 heteroatoms. The number of hydrogen-bond donors (Lipinski definition) is 1. The lowest BCUT2D eigenvalue weighted by atomic mass is 10.2. The quantitative estimate of drug-likeness (QED) is 0.902. The van der Waals surface area contributed by atoms with Crippen molar-refractivity contribution in [3.05, 3.63) is 22.0 Å². The minimum atomic E-state index is 0.298. The molecule has 2 aromatic rings. The van der Waals surface area contributed by atoms with Crippen molar-refractivity contribution in [2.75, 3.05) is 6.61 Å². The number of ether oxygens (including phenoxy) is 1. The van der Waals surface area contributed by atoms with Crippen molar-refractivity contribution in [2.24, 2.45) is 0 Å². The van der Waals surface area contributed by atoms with Crippen molar-refractivity contribution >= 4 is 37.4 Å². The molecule has 1 aromatic carbocycles. The zero-order valence-corrected chi connectivity index (χ0v) is 9.98. The van der Waals surface area contributed by atoms with E-state index in [0.29, 0.717) is 12.4 Å². The maximum absolute atomic E-state index is 9.70. The molecule has 0 spiro atoms. The molecular formula is C10H9BrO2S. The second kappa shape index (κ2) is 3.79. The van der Waals surface area contributed by atoms with E-state index in [1.165, 1.54) is 11.3 Å². The normalized spacial score (nSPS) is 10.7. The highest BCUT2D eigenvalue weighted by Crippen LogP contribution is 2.44. The number of halogens is 1. The van der Waals surface area contributed by atoms with Gasteiger partial charge < -0.3 is 9.84 Å². The highest BCUT2D eigenvalue weighted by Gasteiger charge is 2.11. The maximum atomic E-state index is 9.70. The fourth-order valence-electron chi connectivity index (χ4n) is 1.32.